The second-order valence-corrected chi connectivity index (χ2v) is 14.0. The van der Waals surface area contributed by atoms with Gasteiger partial charge in [-0.25, -0.2) is 4.79 Å². The van der Waals surface area contributed by atoms with Gasteiger partial charge in [-0.15, -0.1) is 12.3 Å². The fourth-order valence-electron chi connectivity index (χ4n) is 5.17. The molecule has 0 saturated carbocycles. The van der Waals surface area contributed by atoms with Gasteiger partial charge in [-0.1, -0.05) is 59.7 Å². The van der Waals surface area contributed by atoms with Crippen LogP contribution in [0.2, 0.25) is 0 Å². The molecular formula is C37H55N5O8. The SMILES string of the molecule is C#CCCCC(=O)N[C@@H](CC)C(=O)N[C@H](C(=O)N[C@@H](CC(C)C)C(=O)N[C@@H](CCC(N)=O)C(=O)COC(=O)c1c(C)cccc1C)C(C)(C)C. The van der Waals surface area contributed by atoms with Gasteiger partial charge in [0.25, 0.3) is 0 Å². The van der Waals surface area contributed by atoms with Crippen molar-refractivity contribution in [2.24, 2.45) is 17.1 Å². The zero-order valence-electron chi connectivity index (χ0n) is 30.7. The molecule has 13 heteroatoms. The molecule has 0 heterocycles. The Bertz CT molecular complexity index is 1410. The van der Waals surface area contributed by atoms with Gasteiger partial charge in [0, 0.05) is 19.3 Å². The van der Waals surface area contributed by atoms with E-state index in [-0.39, 0.29) is 43.9 Å². The Morgan fingerprint density at radius 3 is 1.96 bits per heavy atom. The van der Waals surface area contributed by atoms with Crippen LogP contribution in [0.25, 0.3) is 0 Å². The van der Waals surface area contributed by atoms with E-state index in [1.165, 1.54) is 0 Å². The summed E-state index contributed by atoms with van der Waals surface area (Å²) in [5.74, 6) is -1.95. The summed E-state index contributed by atoms with van der Waals surface area (Å²) in [6, 6.07) is 0.874. The summed E-state index contributed by atoms with van der Waals surface area (Å²) in [5, 5.41) is 10.7. The van der Waals surface area contributed by atoms with Gasteiger partial charge < -0.3 is 31.7 Å². The van der Waals surface area contributed by atoms with Gasteiger partial charge in [0.05, 0.1) is 11.6 Å². The van der Waals surface area contributed by atoms with Gasteiger partial charge in [0.15, 0.2) is 12.4 Å². The average molecular weight is 698 g/mol. The number of nitrogens with one attached hydrogen (secondary N) is 4. The summed E-state index contributed by atoms with van der Waals surface area (Å²) in [6.07, 6.45) is 6.35. The third-order valence-corrected chi connectivity index (χ3v) is 7.96. The molecule has 1 aromatic rings. The van der Waals surface area contributed by atoms with Crippen LogP contribution in [0.5, 0.6) is 0 Å². The van der Waals surface area contributed by atoms with E-state index in [0.29, 0.717) is 29.5 Å². The van der Waals surface area contributed by atoms with E-state index in [9.17, 15) is 33.6 Å². The molecule has 1 rings (SSSR count). The lowest BCUT2D eigenvalue weighted by molar-refractivity contribution is -0.136. The van der Waals surface area contributed by atoms with Crippen molar-refractivity contribution < 1.29 is 38.3 Å². The van der Waals surface area contributed by atoms with Gasteiger partial charge in [0.1, 0.15) is 18.1 Å². The number of amides is 5. The molecule has 50 heavy (non-hydrogen) atoms. The Morgan fingerprint density at radius 1 is 0.860 bits per heavy atom. The van der Waals surface area contributed by atoms with Crippen molar-refractivity contribution in [3.8, 4) is 12.3 Å². The molecule has 0 radical (unpaired) electrons. The molecule has 0 fully saturated rings. The van der Waals surface area contributed by atoms with Crippen molar-refractivity contribution in [3.63, 3.8) is 0 Å². The molecule has 276 valence electrons. The van der Waals surface area contributed by atoms with Crippen LogP contribution in [0, 0.1) is 37.5 Å². The van der Waals surface area contributed by atoms with Crippen molar-refractivity contribution in [1.82, 2.24) is 21.3 Å². The van der Waals surface area contributed by atoms with Gasteiger partial charge in [-0.2, -0.15) is 0 Å². The maximum absolute atomic E-state index is 13.7. The predicted molar refractivity (Wildman–Crippen MR) is 189 cm³/mol. The molecule has 5 amide bonds. The van der Waals surface area contributed by atoms with Crippen LogP contribution in [-0.2, 0) is 33.5 Å². The number of hydrogen-bond donors (Lipinski definition) is 5. The number of esters is 1. The van der Waals surface area contributed by atoms with Crippen molar-refractivity contribution in [2.45, 2.75) is 125 Å². The van der Waals surface area contributed by atoms with Crippen molar-refractivity contribution in [1.29, 1.82) is 0 Å². The summed E-state index contributed by atoms with van der Waals surface area (Å²) in [6.45, 7) is 13.4. The van der Waals surface area contributed by atoms with E-state index in [1.807, 2.05) is 13.8 Å². The van der Waals surface area contributed by atoms with Crippen LogP contribution in [0.1, 0.15) is 108 Å². The topological polar surface area (TPSA) is 203 Å². The Hall–Kier alpha value is -4.73. The monoisotopic (exact) mass is 697 g/mol. The van der Waals surface area contributed by atoms with Crippen LogP contribution in [-0.4, -0.2) is 72.1 Å². The summed E-state index contributed by atoms with van der Waals surface area (Å²) < 4.78 is 5.29. The molecule has 0 aliphatic heterocycles. The fourth-order valence-corrected chi connectivity index (χ4v) is 5.17. The Morgan fingerprint density at radius 2 is 1.44 bits per heavy atom. The highest BCUT2D eigenvalue weighted by Gasteiger charge is 2.37. The van der Waals surface area contributed by atoms with Crippen molar-refractivity contribution >= 4 is 41.3 Å². The average Bonchev–Trinajstić information content (AvgIpc) is 3.01. The summed E-state index contributed by atoms with van der Waals surface area (Å²) in [7, 11) is 0. The first kappa shape index (κ1) is 43.3. The molecule has 0 bridgehead atoms. The first-order chi connectivity index (χ1) is 23.3. The quantitative estimate of drug-likeness (QED) is 0.0777. The molecule has 0 spiro atoms. The standard InChI is InChI=1S/C37H55N5O8/c1-10-12-13-17-30(45)39-25(11-2)33(46)42-32(37(7,8)9)35(48)41-27(20-22(3)4)34(47)40-26(18-19-29(38)44)28(43)21-50-36(49)31-23(5)15-14-16-24(31)6/h1,14-16,22,25-27,32H,11-13,17-21H2,2-9H3,(H2,38,44)(H,39,45)(H,40,47)(H,41,48)(H,42,46)/t25-,26-,27-,32+/m0/s1. The zero-order valence-corrected chi connectivity index (χ0v) is 30.7. The lowest BCUT2D eigenvalue weighted by atomic mass is 9.85. The number of carbonyl (C=O) groups is 7. The highest BCUT2D eigenvalue weighted by molar-refractivity contribution is 5.98. The van der Waals surface area contributed by atoms with Crippen LogP contribution in [0.15, 0.2) is 18.2 Å². The number of nitrogens with two attached hydrogens (primary N) is 1. The molecule has 0 saturated heterocycles. The van der Waals surface area contributed by atoms with E-state index in [4.69, 9.17) is 16.9 Å². The number of benzene rings is 1. The number of rotatable bonds is 20. The molecule has 0 unspecified atom stereocenters. The highest BCUT2D eigenvalue weighted by atomic mass is 16.5. The van der Waals surface area contributed by atoms with Crippen molar-refractivity contribution in [3.05, 3.63) is 34.9 Å². The van der Waals surface area contributed by atoms with E-state index in [0.717, 1.165) is 0 Å². The number of ketones is 1. The number of hydrogen-bond acceptors (Lipinski definition) is 8. The van der Waals surface area contributed by atoms with Crippen LogP contribution in [0.3, 0.4) is 0 Å². The third kappa shape index (κ3) is 14.8. The first-order valence-electron chi connectivity index (χ1n) is 17.0. The maximum atomic E-state index is 13.7. The second kappa shape index (κ2) is 20.7. The largest absolute Gasteiger partial charge is 0.454 e. The Kier molecular flexibility index (Phi) is 17.9. The minimum atomic E-state index is -1.25. The van der Waals surface area contributed by atoms with Gasteiger partial charge in [0.2, 0.25) is 29.5 Å². The van der Waals surface area contributed by atoms with E-state index < -0.39 is 71.6 Å². The fraction of sp³-hybridized carbons (Fsp3) is 0.595. The number of carbonyl (C=O) groups excluding carboxylic acids is 7. The number of aryl methyl sites for hydroxylation is 2. The molecule has 0 aromatic heterocycles. The second-order valence-electron chi connectivity index (χ2n) is 14.0. The normalized spacial score (nSPS) is 13.5. The van der Waals surface area contributed by atoms with Gasteiger partial charge in [-0.3, -0.25) is 28.8 Å². The zero-order chi connectivity index (χ0) is 38.2. The Balaban J connectivity index is 3.16. The van der Waals surface area contributed by atoms with E-state index in [2.05, 4.69) is 27.2 Å². The molecule has 13 nitrogen and oxygen atoms in total. The number of ether oxygens (including phenoxy) is 1. The molecule has 0 aliphatic carbocycles. The number of primary amides is 1. The molecule has 1 aromatic carbocycles. The Labute approximate surface area is 296 Å². The lowest BCUT2D eigenvalue weighted by Crippen LogP contribution is -2.61. The molecular weight excluding hydrogens is 642 g/mol. The number of unbranched alkanes of at least 4 members (excludes halogenated alkanes) is 1. The summed E-state index contributed by atoms with van der Waals surface area (Å²) in [4.78, 5) is 90.6. The summed E-state index contributed by atoms with van der Waals surface area (Å²) >= 11 is 0. The minimum absolute atomic E-state index is 0.0824. The minimum Gasteiger partial charge on any atom is -0.454 e. The van der Waals surface area contributed by atoms with E-state index >= 15 is 0 Å². The van der Waals surface area contributed by atoms with Crippen LogP contribution < -0.4 is 27.0 Å². The smallest absolute Gasteiger partial charge is 0.339 e. The third-order valence-electron chi connectivity index (χ3n) is 7.96. The maximum Gasteiger partial charge on any atom is 0.339 e. The molecule has 4 atom stereocenters. The first-order valence-corrected chi connectivity index (χ1v) is 17.0. The van der Waals surface area contributed by atoms with Crippen LogP contribution in [0.4, 0.5) is 0 Å². The number of terminal acetylenes is 1. The predicted octanol–water partition coefficient (Wildman–Crippen LogP) is 2.54. The molecule has 0 aliphatic rings. The summed E-state index contributed by atoms with van der Waals surface area (Å²) in [5.41, 5.74) is 6.18. The highest BCUT2D eigenvalue weighted by Crippen LogP contribution is 2.21. The van der Waals surface area contributed by atoms with Gasteiger partial charge in [-0.05, 0) is 62.0 Å². The van der Waals surface area contributed by atoms with Gasteiger partial charge >= 0.3 is 5.97 Å². The molecule has 6 N–H and O–H groups in total. The number of Topliss-reactive ketones (excluding diaryl/α,β-unsaturated/α-hetero) is 1. The van der Waals surface area contributed by atoms with E-state index in [1.54, 1.807) is 59.7 Å². The van der Waals surface area contributed by atoms with Crippen molar-refractivity contribution in [2.75, 3.05) is 6.61 Å². The van der Waals surface area contributed by atoms with Crippen LogP contribution >= 0.6 is 0 Å². The lowest BCUT2D eigenvalue weighted by Gasteiger charge is -2.33.